The van der Waals surface area contributed by atoms with Crippen molar-refractivity contribution in [1.82, 2.24) is 9.13 Å². The van der Waals surface area contributed by atoms with E-state index in [4.69, 9.17) is 11.6 Å². The molecule has 0 saturated carbocycles. The van der Waals surface area contributed by atoms with Crippen molar-refractivity contribution in [3.05, 3.63) is 109 Å². The SMILES string of the molecule is Cc1ccc(Cn2c(=O)n(-c3cc(Cl)ccc3C)c(=O)c3sc4ccccc4c32)cc1. The van der Waals surface area contributed by atoms with Gasteiger partial charge in [-0.25, -0.2) is 9.36 Å². The Morgan fingerprint density at radius 1 is 0.935 bits per heavy atom. The number of aryl methyl sites for hydroxylation is 2. The van der Waals surface area contributed by atoms with Crippen molar-refractivity contribution in [3.63, 3.8) is 0 Å². The van der Waals surface area contributed by atoms with E-state index in [1.165, 1.54) is 15.9 Å². The van der Waals surface area contributed by atoms with Crippen LogP contribution in [0.3, 0.4) is 0 Å². The fraction of sp³-hybridized carbons (Fsp3) is 0.120. The van der Waals surface area contributed by atoms with Crippen LogP contribution in [0.15, 0.2) is 76.3 Å². The molecule has 0 aliphatic rings. The molecule has 5 aromatic rings. The Kier molecular flexibility index (Phi) is 4.80. The Hall–Kier alpha value is -3.15. The van der Waals surface area contributed by atoms with E-state index < -0.39 is 0 Å². The van der Waals surface area contributed by atoms with Gasteiger partial charge in [-0.05, 0) is 43.2 Å². The van der Waals surface area contributed by atoms with Crippen molar-refractivity contribution >= 4 is 43.2 Å². The number of fused-ring (bicyclic) bond motifs is 3. The predicted molar refractivity (Wildman–Crippen MR) is 129 cm³/mol. The van der Waals surface area contributed by atoms with Crippen molar-refractivity contribution in [3.8, 4) is 5.69 Å². The first kappa shape index (κ1) is 19.8. The molecule has 0 radical (unpaired) electrons. The quantitative estimate of drug-likeness (QED) is 0.357. The molecule has 5 rings (SSSR count). The van der Waals surface area contributed by atoms with Crippen LogP contribution in [0.25, 0.3) is 26.0 Å². The van der Waals surface area contributed by atoms with Crippen LogP contribution in [0.1, 0.15) is 16.7 Å². The molecular weight excluding hydrogens is 428 g/mol. The first-order valence-electron chi connectivity index (χ1n) is 9.93. The van der Waals surface area contributed by atoms with Crippen LogP contribution < -0.4 is 11.2 Å². The minimum Gasteiger partial charge on any atom is -0.287 e. The van der Waals surface area contributed by atoms with Gasteiger partial charge in [-0.2, -0.15) is 0 Å². The van der Waals surface area contributed by atoms with Gasteiger partial charge in [-0.15, -0.1) is 11.3 Å². The average molecular weight is 447 g/mol. The number of hydrogen-bond acceptors (Lipinski definition) is 3. The summed E-state index contributed by atoms with van der Waals surface area (Å²) < 4.78 is 4.51. The molecule has 6 heteroatoms. The van der Waals surface area contributed by atoms with E-state index in [0.29, 0.717) is 27.5 Å². The minimum atomic E-state index is -0.369. The van der Waals surface area contributed by atoms with Gasteiger partial charge < -0.3 is 0 Å². The molecule has 31 heavy (non-hydrogen) atoms. The smallest absolute Gasteiger partial charge is 0.287 e. The zero-order valence-electron chi connectivity index (χ0n) is 17.1. The molecule has 0 atom stereocenters. The zero-order valence-corrected chi connectivity index (χ0v) is 18.6. The maximum absolute atomic E-state index is 13.8. The van der Waals surface area contributed by atoms with Gasteiger partial charge in [0.15, 0.2) is 0 Å². The molecule has 0 spiro atoms. The topological polar surface area (TPSA) is 44.0 Å². The third-order valence-corrected chi connectivity index (χ3v) is 6.92. The number of rotatable bonds is 3. The maximum atomic E-state index is 13.8. The number of thiophene rings is 1. The van der Waals surface area contributed by atoms with Gasteiger partial charge in [0.2, 0.25) is 0 Å². The van der Waals surface area contributed by atoms with Crippen molar-refractivity contribution < 1.29 is 0 Å². The molecule has 154 valence electrons. The van der Waals surface area contributed by atoms with Gasteiger partial charge >= 0.3 is 5.69 Å². The molecule has 2 aromatic heterocycles. The number of benzene rings is 3. The van der Waals surface area contributed by atoms with Gasteiger partial charge in [0.25, 0.3) is 5.56 Å². The second-order valence-corrected chi connectivity index (χ2v) is 9.19. The zero-order chi connectivity index (χ0) is 21.7. The second-order valence-electron chi connectivity index (χ2n) is 7.70. The highest BCUT2D eigenvalue weighted by Crippen LogP contribution is 2.31. The van der Waals surface area contributed by atoms with Crippen molar-refractivity contribution in [2.45, 2.75) is 20.4 Å². The molecule has 4 nitrogen and oxygen atoms in total. The molecule has 3 aromatic carbocycles. The van der Waals surface area contributed by atoms with Gasteiger partial charge in [0, 0.05) is 15.1 Å². The van der Waals surface area contributed by atoms with Crippen LogP contribution in [-0.2, 0) is 6.54 Å². The number of halogens is 1. The largest absolute Gasteiger partial charge is 0.336 e. The summed E-state index contributed by atoms with van der Waals surface area (Å²) >= 11 is 7.63. The maximum Gasteiger partial charge on any atom is 0.336 e. The molecule has 0 unspecified atom stereocenters. The first-order valence-corrected chi connectivity index (χ1v) is 11.1. The minimum absolute atomic E-state index is 0.313. The summed E-state index contributed by atoms with van der Waals surface area (Å²) in [7, 11) is 0. The van der Waals surface area contributed by atoms with Crippen molar-refractivity contribution in [2.24, 2.45) is 0 Å². The fourth-order valence-corrected chi connectivity index (χ4v) is 5.21. The molecule has 0 amide bonds. The monoisotopic (exact) mass is 446 g/mol. The molecule has 2 heterocycles. The lowest BCUT2D eigenvalue weighted by Gasteiger charge is -2.14. The second kappa shape index (κ2) is 7.52. The Morgan fingerprint density at radius 3 is 2.45 bits per heavy atom. The summed E-state index contributed by atoms with van der Waals surface area (Å²) in [6, 6.07) is 21.2. The van der Waals surface area contributed by atoms with Gasteiger partial charge in [-0.3, -0.25) is 9.36 Å². The molecule has 0 aliphatic carbocycles. The lowest BCUT2D eigenvalue weighted by molar-refractivity contribution is 0.716. The first-order chi connectivity index (χ1) is 14.9. The van der Waals surface area contributed by atoms with E-state index >= 15 is 0 Å². The highest BCUT2D eigenvalue weighted by atomic mass is 35.5. The summed E-state index contributed by atoms with van der Waals surface area (Å²) in [5.41, 5.74) is 3.48. The fourth-order valence-electron chi connectivity index (χ4n) is 3.91. The third kappa shape index (κ3) is 3.30. The van der Waals surface area contributed by atoms with Crippen LogP contribution in [-0.4, -0.2) is 9.13 Å². The van der Waals surface area contributed by atoms with E-state index in [2.05, 4.69) is 0 Å². The molecular formula is C25H19ClN2O2S. The van der Waals surface area contributed by atoms with E-state index in [0.717, 1.165) is 26.8 Å². The van der Waals surface area contributed by atoms with Crippen molar-refractivity contribution in [1.29, 1.82) is 0 Å². The van der Waals surface area contributed by atoms with Crippen LogP contribution in [0.4, 0.5) is 0 Å². The summed E-state index contributed by atoms with van der Waals surface area (Å²) in [5, 5.41) is 1.40. The van der Waals surface area contributed by atoms with Crippen LogP contribution >= 0.6 is 22.9 Å². The standard InChI is InChI=1S/C25H19ClN2O2S/c1-15-7-10-17(11-8-15)14-27-22-19-5-3-4-6-21(19)31-23(22)24(29)28(25(27)30)20-13-18(26)12-9-16(20)2/h3-13H,14H2,1-2H3. The highest BCUT2D eigenvalue weighted by Gasteiger charge is 2.20. The Morgan fingerprint density at radius 2 is 1.68 bits per heavy atom. The molecule has 0 saturated heterocycles. The summed E-state index contributed by atoms with van der Waals surface area (Å²) in [5.74, 6) is 0. The lowest BCUT2D eigenvalue weighted by Crippen LogP contribution is -2.39. The van der Waals surface area contributed by atoms with Gasteiger partial charge in [0.05, 0.1) is 17.7 Å². The van der Waals surface area contributed by atoms with Crippen LogP contribution in [0.5, 0.6) is 0 Å². The summed E-state index contributed by atoms with van der Waals surface area (Å²) in [6.07, 6.45) is 0. The van der Waals surface area contributed by atoms with E-state index in [9.17, 15) is 9.59 Å². The normalized spacial score (nSPS) is 11.5. The van der Waals surface area contributed by atoms with Crippen LogP contribution in [0.2, 0.25) is 5.02 Å². The van der Waals surface area contributed by atoms with E-state index in [1.54, 1.807) is 16.7 Å². The molecule has 0 N–H and O–H groups in total. The molecule has 0 fully saturated rings. The summed E-state index contributed by atoms with van der Waals surface area (Å²) in [4.78, 5) is 27.3. The average Bonchev–Trinajstić information content (AvgIpc) is 3.15. The lowest BCUT2D eigenvalue weighted by atomic mass is 10.1. The van der Waals surface area contributed by atoms with E-state index in [1.807, 2.05) is 68.4 Å². The molecule has 0 bridgehead atoms. The molecule has 0 aliphatic heterocycles. The third-order valence-electron chi connectivity index (χ3n) is 5.53. The van der Waals surface area contributed by atoms with Crippen molar-refractivity contribution in [2.75, 3.05) is 0 Å². The summed E-state index contributed by atoms with van der Waals surface area (Å²) in [6.45, 7) is 4.27. The Labute approximate surface area is 187 Å². The van der Waals surface area contributed by atoms with Crippen LogP contribution in [0, 0.1) is 13.8 Å². The Bertz CT molecular complexity index is 1580. The number of hydrogen-bond donors (Lipinski definition) is 0. The predicted octanol–water partition coefficient (Wildman–Crippen LogP) is 5.69. The Balaban J connectivity index is 1.90. The van der Waals surface area contributed by atoms with Gasteiger partial charge in [-0.1, -0.05) is 65.7 Å². The number of nitrogens with zero attached hydrogens (tertiary/aromatic N) is 2. The van der Waals surface area contributed by atoms with Gasteiger partial charge in [0.1, 0.15) is 4.70 Å². The number of aromatic nitrogens is 2. The highest BCUT2D eigenvalue weighted by molar-refractivity contribution is 7.25. The van der Waals surface area contributed by atoms with E-state index in [-0.39, 0.29) is 11.2 Å².